The van der Waals surface area contributed by atoms with Crippen LogP contribution in [0.1, 0.15) is 10.4 Å². The van der Waals surface area contributed by atoms with E-state index in [0.29, 0.717) is 5.69 Å². The van der Waals surface area contributed by atoms with Crippen molar-refractivity contribution in [3.63, 3.8) is 0 Å². The zero-order valence-electron chi connectivity index (χ0n) is 13.7. The molecule has 8 heteroatoms. The fourth-order valence-electron chi connectivity index (χ4n) is 2.33. The van der Waals surface area contributed by atoms with Crippen molar-refractivity contribution < 1.29 is 26.2 Å². The Morgan fingerprint density at radius 3 is 2.07 bits per heavy atom. The van der Waals surface area contributed by atoms with Crippen LogP contribution in [-0.2, 0) is 10.1 Å². The van der Waals surface area contributed by atoms with Gasteiger partial charge in [0, 0.05) is 5.69 Å². The van der Waals surface area contributed by atoms with Crippen molar-refractivity contribution >= 4 is 21.7 Å². The minimum Gasteiger partial charge on any atom is -0.378 e. The number of hydrogen-bond acceptors (Lipinski definition) is 4. The molecule has 0 atom stereocenters. The van der Waals surface area contributed by atoms with Gasteiger partial charge in [-0.25, -0.2) is 8.78 Å². The van der Waals surface area contributed by atoms with Gasteiger partial charge < -0.3 is 9.50 Å². The van der Waals surface area contributed by atoms with Crippen LogP contribution in [0, 0.1) is 11.6 Å². The van der Waals surface area contributed by atoms with Crippen molar-refractivity contribution in [2.75, 3.05) is 5.32 Å². The summed E-state index contributed by atoms with van der Waals surface area (Å²) in [6.07, 6.45) is 0. The zero-order valence-corrected chi connectivity index (χ0v) is 14.5. The molecule has 0 aliphatic heterocycles. The number of rotatable bonds is 5. The van der Waals surface area contributed by atoms with Crippen molar-refractivity contribution in [3.8, 4) is 5.75 Å². The SMILES string of the molecule is O=C(Nc1ccccc1)c1ccccc1OS(=O)(=O)c1c(F)cccc1F. The smallest absolute Gasteiger partial charge is 0.345 e. The van der Waals surface area contributed by atoms with E-state index in [1.54, 1.807) is 30.3 Å². The third-order valence-electron chi connectivity index (χ3n) is 3.53. The van der Waals surface area contributed by atoms with Gasteiger partial charge in [-0.2, -0.15) is 8.42 Å². The maximum atomic E-state index is 13.8. The van der Waals surface area contributed by atoms with Crippen LogP contribution in [0.25, 0.3) is 0 Å². The van der Waals surface area contributed by atoms with Gasteiger partial charge in [-0.05, 0) is 36.4 Å². The van der Waals surface area contributed by atoms with Gasteiger partial charge in [-0.1, -0.05) is 36.4 Å². The summed E-state index contributed by atoms with van der Waals surface area (Å²) in [4.78, 5) is 11.2. The van der Waals surface area contributed by atoms with Gasteiger partial charge in [0.15, 0.2) is 10.6 Å². The highest BCUT2D eigenvalue weighted by atomic mass is 32.2. The molecule has 1 amide bonds. The molecule has 3 aromatic carbocycles. The third-order valence-corrected chi connectivity index (χ3v) is 4.82. The van der Waals surface area contributed by atoms with E-state index in [9.17, 15) is 22.0 Å². The predicted molar refractivity (Wildman–Crippen MR) is 95.0 cm³/mol. The zero-order chi connectivity index (χ0) is 19.4. The molecule has 3 rings (SSSR count). The molecular formula is C19H13F2NO4S. The Balaban J connectivity index is 1.93. The highest BCUT2D eigenvalue weighted by Crippen LogP contribution is 2.26. The van der Waals surface area contributed by atoms with E-state index in [2.05, 4.69) is 5.32 Å². The molecule has 0 bridgehead atoms. The number of para-hydroxylation sites is 2. The number of anilines is 1. The molecule has 1 N–H and O–H groups in total. The van der Waals surface area contributed by atoms with Gasteiger partial charge in [0.2, 0.25) is 0 Å². The van der Waals surface area contributed by atoms with E-state index in [0.717, 1.165) is 18.2 Å². The molecule has 3 aromatic rings. The molecule has 0 radical (unpaired) electrons. The first-order valence-corrected chi connectivity index (χ1v) is 9.13. The summed E-state index contributed by atoms with van der Waals surface area (Å²) in [6, 6.07) is 16.6. The van der Waals surface area contributed by atoms with Crippen molar-refractivity contribution in [1.82, 2.24) is 0 Å². The molecular weight excluding hydrogens is 376 g/mol. The molecule has 0 aliphatic rings. The highest BCUT2D eigenvalue weighted by Gasteiger charge is 2.27. The van der Waals surface area contributed by atoms with Crippen LogP contribution in [0.15, 0.2) is 77.7 Å². The first-order chi connectivity index (χ1) is 12.9. The number of halogens is 2. The summed E-state index contributed by atoms with van der Waals surface area (Å²) >= 11 is 0. The largest absolute Gasteiger partial charge is 0.378 e. The second-order valence-corrected chi connectivity index (χ2v) is 6.89. The Morgan fingerprint density at radius 2 is 1.41 bits per heavy atom. The molecule has 0 unspecified atom stereocenters. The number of benzene rings is 3. The minimum atomic E-state index is -4.83. The second-order valence-electron chi connectivity index (χ2n) is 5.40. The Hall–Kier alpha value is -3.26. The normalized spacial score (nSPS) is 11.0. The summed E-state index contributed by atoms with van der Waals surface area (Å²) in [6.45, 7) is 0. The summed E-state index contributed by atoms with van der Waals surface area (Å²) in [5.74, 6) is -3.57. The van der Waals surface area contributed by atoms with Gasteiger partial charge in [-0.15, -0.1) is 0 Å². The molecule has 0 fully saturated rings. The van der Waals surface area contributed by atoms with E-state index < -0.39 is 32.6 Å². The monoisotopic (exact) mass is 389 g/mol. The van der Waals surface area contributed by atoms with Crippen molar-refractivity contribution in [2.45, 2.75) is 4.90 Å². The van der Waals surface area contributed by atoms with Gasteiger partial charge in [0.05, 0.1) is 5.56 Å². The third kappa shape index (κ3) is 4.12. The molecule has 5 nitrogen and oxygen atoms in total. The lowest BCUT2D eigenvalue weighted by atomic mass is 10.2. The van der Waals surface area contributed by atoms with Crippen LogP contribution in [0.3, 0.4) is 0 Å². The lowest BCUT2D eigenvalue weighted by Crippen LogP contribution is -2.18. The molecule has 138 valence electrons. The first kappa shape index (κ1) is 18.5. The van der Waals surface area contributed by atoms with Gasteiger partial charge in [0.25, 0.3) is 5.91 Å². The Morgan fingerprint density at radius 1 is 0.815 bits per heavy atom. The molecule has 0 spiro atoms. The molecule has 27 heavy (non-hydrogen) atoms. The lowest BCUT2D eigenvalue weighted by molar-refractivity contribution is 0.102. The summed E-state index contributed by atoms with van der Waals surface area (Å²) in [5.41, 5.74) is 0.377. The van der Waals surface area contributed by atoms with Crippen LogP contribution in [-0.4, -0.2) is 14.3 Å². The Kier molecular flexibility index (Phi) is 5.18. The standard InChI is InChI=1S/C19H13F2NO4S/c20-15-10-6-11-16(21)18(15)27(24,25)26-17-12-5-4-9-14(17)19(23)22-13-7-2-1-3-8-13/h1-12H,(H,22,23). The quantitative estimate of drug-likeness (QED) is 0.670. The summed E-state index contributed by atoms with van der Waals surface area (Å²) < 4.78 is 57.2. The van der Waals surface area contributed by atoms with Crippen LogP contribution in [0.4, 0.5) is 14.5 Å². The number of nitrogens with one attached hydrogen (secondary N) is 1. The number of hydrogen-bond donors (Lipinski definition) is 1. The maximum absolute atomic E-state index is 13.8. The van der Waals surface area contributed by atoms with E-state index >= 15 is 0 Å². The molecule has 0 saturated carbocycles. The number of amides is 1. The maximum Gasteiger partial charge on any atom is 0.345 e. The molecule has 0 aromatic heterocycles. The Bertz CT molecular complexity index is 1070. The second kappa shape index (κ2) is 7.55. The van der Waals surface area contributed by atoms with Crippen molar-refractivity contribution in [2.24, 2.45) is 0 Å². The number of carbonyl (C=O) groups is 1. The van der Waals surface area contributed by atoms with Crippen molar-refractivity contribution in [3.05, 3.63) is 90.0 Å². The van der Waals surface area contributed by atoms with Crippen molar-refractivity contribution in [1.29, 1.82) is 0 Å². The fourth-order valence-corrected chi connectivity index (χ4v) is 3.41. The van der Waals surface area contributed by atoms with Gasteiger partial charge >= 0.3 is 10.1 Å². The Labute approximate surface area is 154 Å². The van der Waals surface area contributed by atoms with Gasteiger partial charge in [0.1, 0.15) is 11.6 Å². The molecule has 0 saturated heterocycles. The van der Waals surface area contributed by atoms with E-state index in [4.69, 9.17) is 4.18 Å². The van der Waals surface area contributed by atoms with E-state index in [1.807, 2.05) is 0 Å². The summed E-state index contributed by atoms with van der Waals surface area (Å²) in [5, 5.41) is 2.58. The highest BCUT2D eigenvalue weighted by molar-refractivity contribution is 7.87. The van der Waals surface area contributed by atoms with Crippen LogP contribution < -0.4 is 9.50 Å². The molecule has 0 heterocycles. The predicted octanol–water partition coefficient (Wildman–Crippen LogP) is 3.98. The molecule has 0 aliphatic carbocycles. The fraction of sp³-hybridized carbons (Fsp3) is 0. The van der Waals surface area contributed by atoms with Crippen LogP contribution in [0.5, 0.6) is 5.75 Å². The lowest BCUT2D eigenvalue weighted by Gasteiger charge is -2.12. The van der Waals surface area contributed by atoms with Gasteiger partial charge in [-0.3, -0.25) is 4.79 Å². The van der Waals surface area contributed by atoms with Crippen LogP contribution >= 0.6 is 0 Å². The average molecular weight is 389 g/mol. The topological polar surface area (TPSA) is 72.5 Å². The first-order valence-electron chi connectivity index (χ1n) is 7.72. The number of carbonyl (C=O) groups excluding carboxylic acids is 1. The minimum absolute atomic E-state index is 0.110. The summed E-state index contributed by atoms with van der Waals surface area (Å²) in [7, 11) is -4.83. The van der Waals surface area contributed by atoms with E-state index in [-0.39, 0.29) is 11.3 Å². The van der Waals surface area contributed by atoms with Crippen LogP contribution in [0.2, 0.25) is 0 Å². The average Bonchev–Trinajstić information content (AvgIpc) is 2.62. The van der Waals surface area contributed by atoms with E-state index in [1.165, 1.54) is 24.3 Å².